The van der Waals surface area contributed by atoms with Crippen molar-refractivity contribution in [3.8, 4) is 0 Å². The molecule has 2 N–H and O–H groups in total. The number of nitrogens with one attached hydrogen (secondary N) is 1. The van der Waals surface area contributed by atoms with Crippen LogP contribution in [0.15, 0.2) is 11.1 Å². The molecule has 6 nitrogen and oxygen atoms in total. The minimum absolute atomic E-state index is 0.114. The van der Waals surface area contributed by atoms with E-state index in [1.165, 1.54) is 31.9 Å². The van der Waals surface area contributed by atoms with Crippen LogP contribution < -0.4 is 4.72 Å². The Bertz CT molecular complexity index is 997. The van der Waals surface area contributed by atoms with Crippen LogP contribution in [-0.2, 0) is 14.8 Å². The third-order valence-electron chi connectivity index (χ3n) is 11.9. The van der Waals surface area contributed by atoms with E-state index in [-0.39, 0.29) is 23.8 Å². The Morgan fingerprint density at radius 2 is 1.94 bits per heavy atom. The van der Waals surface area contributed by atoms with Crippen LogP contribution in [0.25, 0.3) is 0 Å². The van der Waals surface area contributed by atoms with E-state index in [1.807, 2.05) is 0 Å². The molecule has 2 heterocycles. The van der Waals surface area contributed by atoms with Crippen molar-refractivity contribution in [3.63, 3.8) is 0 Å². The van der Waals surface area contributed by atoms with Gasteiger partial charge in [-0.15, -0.1) is 0 Å². The molecule has 0 amide bonds. The highest BCUT2D eigenvalue weighted by molar-refractivity contribution is 7.88. The molecule has 7 heteroatoms. The SMILES string of the molecule is CC1=C2C[C@H]3[C@@H](CC[C@@H]4C[C@H](NS(C)(=O)=O)CC[C@@]43C)[C@@H]2CC[C@@]2(C1)OC1CCCN(O)[C@H]1[C@H]2C. The van der Waals surface area contributed by atoms with Crippen molar-refractivity contribution in [1.29, 1.82) is 0 Å². The van der Waals surface area contributed by atoms with Gasteiger partial charge in [-0.1, -0.05) is 25.0 Å². The molecule has 0 aromatic rings. The smallest absolute Gasteiger partial charge is 0.208 e. The Morgan fingerprint density at radius 1 is 1.14 bits per heavy atom. The Kier molecular flexibility index (Phi) is 6.05. The Labute approximate surface area is 212 Å². The lowest BCUT2D eigenvalue weighted by molar-refractivity contribution is -0.166. The van der Waals surface area contributed by atoms with Crippen LogP contribution in [0.2, 0.25) is 0 Å². The fourth-order valence-electron chi connectivity index (χ4n) is 10.2. The summed E-state index contributed by atoms with van der Waals surface area (Å²) in [4.78, 5) is 0. The van der Waals surface area contributed by atoms with Crippen LogP contribution in [0.5, 0.6) is 0 Å². The number of hydroxylamine groups is 2. The maximum Gasteiger partial charge on any atom is 0.208 e. The van der Waals surface area contributed by atoms with Crippen LogP contribution in [0.1, 0.15) is 91.4 Å². The van der Waals surface area contributed by atoms with E-state index in [2.05, 4.69) is 25.5 Å². The summed E-state index contributed by atoms with van der Waals surface area (Å²) in [5, 5.41) is 12.2. The molecule has 35 heavy (non-hydrogen) atoms. The van der Waals surface area contributed by atoms with E-state index >= 15 is 0 Å². The molecule has 2 saturated heterocycles. The normalized spacial score (nSPS) is 50.4. The molecule has 1 spiro atoms. The summed E-state index contributed by atoms with van der Waals surface area (Å²) in [7, 11) is -3.14. The molecule has 0 aromatic carbocycles. The molecule has 0 bridgehead atoms. The summed E-state index contributed by atoms with van der Waals surface area (Å²) in [5.41, 5.74) is 3.53. The highest BCUT2D eigenvalue weighted by atomic mass is 32.2. The zero-order valence-electron chi connectivity index (χ0n) is 22.1. The third kappa shape index (κ3) is 3.98. The first kappa shape index (κ1) is 24.8. The Morgan fingerprint density at radius 3 is 2.69 bits per heavy atom. The molecule has 5 fully saturated rings. The van der Waals surface area contributed by atoms with Crippen LogP contribution in [0.4, 0.5) is 0 Å². The van der Waals surface area contributed by atoms with E-state index in [9.17, 15) is 13.6 Å². The molecule has 10 atom stereocenters. The third-order valence-corrected chi connectivity index (χ3v) is 12.6. The predicted octanol–water partition coefficient (Wildman–Crippen LogP) is 4.88. The van der Waals surface area contributed by atoms with Gasteiger partial charge in [0.2, 0.25) is 10.0 Å². The van der Waals surface area contributed by atoms with Gasteiger partial charge in [-0.3, -0.25) is 0 Å². The molecule has 1 unspecified atom stereocenters. The fourth-order valence-corrected chi connectivity index (χ4v) is 11.0. The standard InChI is InChI=1S/C28H46N2O4S/c1-17-16-28(18(2)26-25(34-28)6-5-13-30(26)31)12-10-21-22-8-7-19-14-20(29-35(4,32)33)9-11-27(19,3)24(22)15-23(17)21/h18-22,24-26,29,31H,5-16H2,1-4H3/t18-,19-,20-,21+,22+,24+,25?,26+,27+,28+/m1/s1. The van der Waals surface area contributed by atoms with Gasteiger partial charge in [0.1, 0.15) is 0 Å². The molecule has 0 radical (unpaired) electrons. The van der Waals surface area contributed by atoms with Gasteiger partial charge >= 0.3 is 0 Å². The first-order chi connectivity index (χ1) is 16.5. The van der Waals surface area contributed by atoms with Crippen molar-refractivity contribution in [2.24, 2.45) is 35.0 Å². The number of rotatable bonds is 2. The zero-order valence-corrected chi connectivity index (χ0v) is 22.9. The number of sulfonamides is 1. The molecule has 3 saturated carbocycles. The number of hydrogen-bond acceptors (Lipinski definition) is 5. The lowest BCUT2D eigenvalue weighted by atomic mass is 9.52. The monoisotopic (exact) mass is 506 g/mol. The second kappa shape index (κ2) is 8.52. The lowest BCUT2D eigenvalue weighted by Crippen LogP contribution is -2.50. The Hall–Kier alpha value is -0.470. The van der Waals surface area contributed by atoms with Gasteiger partial charge in [-0.25, -0.2) is 13.1 Å². The molecular weight excluding hydrogens is 460 g/mol. The molecule has 2 aliphatic heterocycles. The van der Waals surface area contributed by atoms with Crippen molar-refractivity contribution in [2.45, 2.75) is 115 Å². The van der Waals surface area contributed by atoms with E-state index < -0.39 is 10.0 Å². The summed E-state index contributed by atoms with van der Waals surface area (Å²) in [5.74, 6) is 3.18. The van der Waals surface area contributed by atoms with Gasteiger partial charge < -0.3 is 9.94 Å². The first-order valence-corrected chi connectivity index (χ1v) is 16.2. The number of hydrogen-bond donors (Lipinski definition) is 2. The van der Waals surface area contributed by atoms with Gasteiger partial charge in [0, 0.05) is 18.5 Å². The summed E-state index contributed by atoms with van der Waals surface area (Å²) in [6.45, 7) is 8.03. The fraction of sp³-hybridized carbons (Fsp3) is 0.929. The van der Waals surface area contributed by atoms with Crippen molar-refractivity contribution in [1.82, 2.24) is 9.79 Å². The second-order valence-electron chi connectivity index (χ2n) is 13.5. The average Bonchev–Trinajstić information content (AvgIpc) is 3.24. The zero-order chi connectivity index (χ0) is 24.8. The minimum Gasteiger partial charge on any atom is -0.369 e. The Balaban J connectivity index is 1.23. The van der Waals surface area contributed by atoms with Crippen LogP contribution in [0.3, 0.4) is 0 Å². The lowest BCUT2D eigenvalue weighted by Gasteiger charge is -2.54. The highest BCUT2D eigenvalue weighted by Crippen LogP contribution is 2.65. The summed E-state index contributed by atoms with van der Waals surface area (Å²) in [6.07, 6.45) is 13.8. The van der Waals surface area contributed by atoms with E-state index in [0.717, 1.165) is 63.3 Å². The van der Waals surface area contributed by atoms with Gasteiger partial charge in [-0.2, -0.15) is 5.06 Å². The van der Waals surface area contributed by atoms with Crippen molar-refractivity contribution in [3.05, 3.63) is 11.1 Å². The number of allylic oxidation sites excluding steroid dienone is 1. The highest BCUT2D eigenvalue weighted by Gasteiger charge is 2.60. The van der Waals surface area contributed by atoms with Gasteiger partial charge in [0.25, 0.3) is 0 Å². The van der Waals surface area contributed by atoms with Gasteiger partial charge in [-0.05, 0) is 107 Å². The summed E-state index contributed by atoms with van der Waals surface area (Å²) >= 11 is 0. The number of ether oxygens (including phenoxy) is 1. The topological polar surface area (TPSA) is 78.9 Å². The molecule has 6 rings (SSSR count). The predicted molar refractivity (Wildman–Crippen MR) is 136 cm³/mol. The van der Waals surface area contributed by atoms with Gasteiger partial charge in [0.05, 0.1) is 24.0 Å². The van der Waals surface area contributed by atoms with E-state index in [4.69, 9.17) is 4.74 Å². The molecule has 198 valence electrons. The minimum atomic E-state index is -3.14. The maximum absolute atomic E-state index is 11.8. The van der Waals surface area contributed by atoms with E-state index in [0.29, 0.717) is 23.2 Å². The van der Waals surface area contributed by atoms with Gasteiger partial charge in [0.15, 0.2) is 0 Å². The summed E-state index contributed by atoms with van der Waals surface area (Å²) in [6, 6.07) is 0.264. The summed E-state index contributed by atoms with van der Waals surface area (Å²) < 4.78 is 33.5. The van der Waals surface area contributed by atoms with E-state index in [1.54, 1.807) is 16.2 Å². The number of piperidine rings is 1. The second-order valence-corrected chi connectivity index (χ2v) is 15.3. The van der Waals surface area contributed by atoms with Crippen LogP contribution in [-0.4, -0.2) is 55.3 Å². The largest absolute Gasteiger partial charge is 0.369 e. The van der Waals surface area contributed by atoms with Crippen molar-refractivity contribution >= 4 is 10.0 Å². The molecule has 0 aromatic heterocycles. The quantitative estimate of drug-likeness (QED) is 0.522. The van der Waals surface area contributed by atoms with Crippen LogP contribution >= 0.6 is 0 Å². The average molecular weight is 507 g/mol. The first-order valence-electron chi connectivity index (χ1n) is 14.3. The molecule has 6 aliphatic rings. The molecule has 4 aliphatic carbocycles. The number of nitrogens with zero attached hydrogens (tertiary/aromatic N) is 1. The molecular formula is C28H46N2O4S. The van der Waals surface area contributed by atoms with Crippen molar-refractivity contribution in [2.75, 3.05) is 12.8 Å². The van der Waals surface area contributed by atoms with Crippen molar-refractivity contribution < 1.29 is 18.4 Å². The number of fused-ring (bicyclic) bond motifs is 6. The maximum atomic E-state index is 11.8. The van der Waals surface area contributed by atoms with Crippen LogP contribution in [0, 0.1) is 35.0 Å².